The van der Waals surface area contributed by atoms with Crippen LogP contribution in [0.4, 0.5) is 26.3 Å². The second kappa shape index (κ2) is 13.1. The molecule has 0 aliphatic rings. The summed E-state index contributed by atoms with van der Waals surface area (Å²) in [4.78, 5) is 30.0. The highest BCUT2D eigenvalue weighted by molar-refractivity contribution is 5.83. The number of alkyl halides is 6. The number of hydrogen-bond acceptors (Lipinski definition) is 5. The summed E-state index contributed by atoms with van der Waals surface area (Å²) in [5.41, 5.74) is 11.9. The average Bonchev–Trinajstić information content (AvgIpc) is 3.37. The van der Waals surface area contributed by atoms with Crippen LogP contribution in [0.1, 0.15) is 17.4 Å². The zero-order valence-corrected chi connectivity index (χ0v) is 21.3. The first-order valence-electron chi connectivity index (χ1n) is 11.9. The van der Waals surface area contributed by atoms with E-state index in [2.05, 4.69) is 64.6 Å². The van der Waals surface area contributed by atoms with Gasteiger partial charge in [0, 0.05) is 12.4 Å². The first-order chi connectivity index (χ1) is 19.6. The van der Waals surface area contributed by atoms with E-state index in [0.29, 0.717) is 0 Å². The summed E-state index contributed by atoms with van der Waals surface area (Å²) in [5.74, 6) is -4.70. The Hall–Kier alpha value is -4.98. The number of nitrogens with two attached hydrogens (primary N) is 1. The molecule has 0 aliphatic heterocycles. The molecular formula is C28H22F6N4O4. The number of H-pyrrole nitrogens is 1. The minimum Gasteiger partial charge on any atom is -0.475 e. The molecule has 14 heteroatoms. The highest BCUT2D eigenvalue weighted by Crippen LogP contribution is 2.25. The van der Waals surface area contributed by atoms with Crippen LogP contribution < -0.4 is 5.73 Å². The zero-order chi connectivity index (χ0) is 31.1. The number of pyridine rings is 1. The van der Waals surface area contributed by atoms with Crippen LogP contribution in [0.15, 0.2) is 85.2 Å². The van der Waals surface area contributed by atoms with E-state index in [0.717, 1.165) is 34.4 Å². The third-order valence-electron chi connectivity index (χ3n) is 5.62. The monoisotopic (exact) mass is 592 g/mol. The number of aliphatic carboxylic acids is 2. The van der Waals surface area contributed by atoms with Gasteiger partial charge in [-0.2, -0.15) is 26.3 Å². The van der Waals surface area contributed by atoms with Gasteiger partial charge >= 0.3 is 24.3 Å². The lowest BCUT2D eigenvalue weighted by molar-refractivity contribution is -0.193. The van der Waals surface area contributed by atoms with Gasteiger partial charge in [-0.1, -0.05) is 48.5 Å². The van der Waals surface area contributed by atoms with Gasteiger partial charge in [-0.15, -0.1) is 0 Å². The Bertz CT molecular complexity index is 1650. The first-order valence-corrected chi connectivity index (χ1v) is 11.9. The Kier molecular flexibility index (Phi) is 9.86. The van der Waals surface area contributed by atoms with E-state index in [1.807, 2.05) is 18.2 Å². The summed E-state index contributed by atoms with van der Waals surface area (Å²) >= 11 is 0. The molecule has 0 saturated heterocycles. The number of carboxylic acids is 2. The van der Waals surface area contributed by atoms with Gasteiger partial charge in [0.1, 0.15) is 5.82 Å². The number of nitrogens with one attached hydrogen (secondary N) is 1. The number of rotatable bonds is 4. The van der Waals surface area contributed by atoms with Crippen molar-refractivity contribution in [2.45, 2.75) is 24.8 Å². The van der Waals surface area contributed by atoms with E-state index in [9.17, 15) is 26.3 Å². The molecule has 0 spiro atoms. The zero-order valence-electron chi connectivity index (χ0n) is 21.3. The van der Waals surface area contributed by atoms with E-state index < -0.39 is 24.3 Å². The fraction of sp³-hybridized carbons (Fsp3) is 0.143. The molecular weight excluding hydrogens is 570 g/mol. The van der Waals surface area contributed by atoms with E-state index >= 15 is 0 Å². The maximum Gasteiger partial charge on any atom is 0.490 e. The molecule has 0 saturated carbocycles. The summed E-state index contributed by atoms with van der Waals surface area (Å²) in [6.45, 7) is 0. The first kappa shape index (κ1) is 31.5. The van der Waals surface area contributed by atoms with Gasteiger partial charge < -0.3 is 20.9 Å². The number of halogens is 6. The normalized spacial score (nSPS) is 12.1. The Labute approximate surface area is 233 Å². The molecule has 8 nitrogen and oxygen atoms in total. The number of benzene rings is 3. The summed E-state index contributed by atoms with van der Waals surface area (Å²) in [7, 11) is 0. The fourth-order valence-corrected chi connectivity index (χ4v) is 3.65. The molecule has 5 rings (SSSR count). The van der Waals surface area contributed by atoms with Crippen LogP contribution in [0.5, 0.6) is 0 Å². The second-order valence-electron chi connectivity index (χ2n) is 8.69. The van der Waals surface area contributed by atoms with Gasteiger partial charge in [-0.3, -0.25) is 4.98 Å². The van der Waals surface area contributed by atoms with E-state index in [-0.39, 0.29) is 6.04 Å². The van der Waals surface area contributed by atoms with E-state index in [1.165, 1.54) is 16.3 Å². The fourth-order valence-electron chi connectivity index (χ4n) is 3.65. The Morgan fingerprint density at radius 2 is 1.36 bits per heavy atom. The molecule has 2 heterocycles. The van der Waals surface area contributed by atoms with E-state index in [1.54, 1.807) is 12.4 Å². The third-order valence-corrected chi connectivity index (χ3v) is 5.62. The predicted molar refractivity (Wildman–Crippen MR) is 141 cm³/mol. The third kappa shape index (κ3) is 8.76. The lowest BCUT2D eigenvalue weighted by Gasteiger charge is -2.09. The topological polar surface area (TPSA) is 142 Å². The molecule has 1 atom stereocenters. The highest BCUT2D eigenvalue weighted by atomic mass is 19.4. The van der Waals surface area contributed by atoms with Crippen molar-refractivity contribution in [1.29, 1.82) is 0 Å². The molecule has 0 fully saturated rings. The number of aromatic nitrogens is 3. The smallest absolute Gasteiger partial charge is 0.475 e. The van der Waals surface area contributed by atoms with Crippen molar-refractivity contribution in [1.82, 2.24) is 15.0 Å². The van der Waals surface area contributed by atoms with Gasteiger partial charge in [-0.25, -0.2) is 14.6 Å². The van der Waals surface area contributed by atoms with Crippen molar-refractivity contribution in [2.75, 3.05) is 0 Å². The molecule has 0 bridgehead atoms. The molecule has 0 aliphatic carbocycles. The summed E-state index contributed by atoms with van der Waals surface area (Å²) < 4.78 is 63.5. The van der Waals surface area contributed by atoms with Crippen molar-refractivity contribution in [2.24, 2.45) is 5.73 Å². The van der Waals surface area contributed by atoms with Crippen molar-refractivity contribution >= 4 is 33.7 Å². The second-order valence-corrected chi connectivity index (χ2v) is 8.69. The predicted octanol–water partition coefficient (Wildman–Crippen LogP) is 6.29. The lowest BCUT2D eigenvalue weighted by atomic mass is 10.0. The van der Waals surface area contributed by atoms with Crippen LogP contribution in [-0.2, 0) is 16.0 Å². The number of aromatic amines is 1. The number of hydrogen-bond donors (Lipinski definition) is 4. The van der Waals surface area contributed by atoms with Crippen LogP contribution in [0.2, 0.25) is 0 Å². The molecule has 0 amide bonds. The molecule has 0 radical (unpaired) electrons. The summed E-state index contributed by atoms with van der Waals surface area (Å²) in [6.07, 6.45) is -5.82. The van der Waals surface area contributed by atoms with Crippen LogP contribution in [0.25, 0.3) is 32.9 Å². The van der Waals surface area contributed by atoms with Crippen LogP contribution in [0.3, 0.4) is 0 Å². The number of fused-ring (bicyclic) bond motifs is 2. The number of nitrogens with zero attached hydrogens (tertiary/aromatic N) is 2. The minimum absolute atomic E-state index is 0.182. The van der Waals surface area contributed by atoms with Crippen molar-refractivity contribution in [3.8, 4) is 11.1 Å². The standard InChI is InChI=1S/C24H20N4.2C2HF3O2/c25-21(14-16-5-6-17-3-1-2-4-19(17)13-16)24-27-22-8-7-20(15-23(22)28-24)18-9-11-26-12-10-18;2*3-2(4,5)1(6)7/h1-13,15,21H,14,25H2,(H,27,28);2*(H,6,7)/t21-;;/m1../s1. The maximum absolute atomic E-state index is 10.6. The highest BCUT2D eigenvalue weighted by Gasteiger charge is 2.38. The van der Waals surface area contributed by atoms with Gasteiger partial charge in [0.05, 0.1) is 17.1 Å². The maximum atomic E-state index is 10.6. The molecule has 0 unspecified atom stereocenters. The van der Waals surface area contributed by atoms with Gasteiger partial charge in [0.2, 0.25) is 0 Å². The van der Waals surface area contributed by atoms with Crippen LogP contribution >= 0.6 is 0 Å². The Morgan fingerprint density at radius 1 is 0.786 bits per heavy atom. The minimum atomic E-state index is -5.08. The number of imidazole rings is 1. The molecule has 2 aromatic heterocycles. The van der Waals surface area contributed by atoms with Gasteiger partial charge in [-0.05, 0) is 58.1 Å². The number of carbonyl (C=O) groups is 2. The molecule has 5 N–H and O–H groups in total. The van der Waals surface area contributed by atoms with Crippen molar-refractivity contribution in [3.63, 3.8) is 0 Å². The molecule has 5 aromatic rings. The Balaban J connectivity index is 0.000000289. The van der Waals surface area contributed by atoms with Crippen molar-refractivity contribution < 1.29 is 46.1 Å². The summed E-state index contributed by atoms with van der Waals surface area (Å²) in [5, 5.41) is 16.7. The lowest BCUT2D eigenvalue weighted by Crippen LogP contribution is -2.21. The molecule has 220 valence electrons. The van der Waals surface area contributed by atoms with Crippen LogP contribution in [0, 0.1) is 0 Å². The number of carboxylic acid groups (broad SMARTS) is 2. The summed E-state index contributed by atoms with van der Waals surface area (Å²) in [6, 6.07) is 24.9. The largest absolute Gasteiger partial charge is 0.490 e. The SMILES string of the molecule is N[C@H](Cc1ccc2ccccc2c1)c1nc2ccc(-c3ccncc3)cc2[nH]1.O=C(O)C(F)(F)F.O=C(O)C(F)(F)F. The molecule has 42 heavy (non-hydrogen) atoms. The molecule has 3 aromatic carbocycles. The Morgan fingerprint density at radius 3 is 1.93 bits per heavy atom. The van der Waals surface area contributed by atoms with Crippen molar-refractivity contribution in [3.05, 3.63) is 96.6 Å². The van der Waals surface area contributed by atoms with Gasteiger partial charge in [0.15, 0.2) is 0 Å². The average molecular weight is 592 g/mol. The van der Waals surface area contributed by atoms with Gasteiger partial charge in [0.25, 0.3) is 0 Å². The quantitative estimate of drug-likeness (QED) is 0.180. The van der Waals surface area contributed by atoms with Crippen LogP contribution in [-0.4, -0.2) is 49.5 Å². The van der Waals surface area contributed by atoms with E-state index in [4.69, 9.17) is 30.5 Å².